The zero-order chi connectivity index (χ0) is 19.3. The van der Waals surface area contributed by atoms with Crippen LogP contribution < -0.4 is 10.1 Å². The van der Waals surface area contributed by atoms with E-state index in [2.05, 4.69) is 67.7 Å². The van der Waals surface area contributed by atoms with Crippen LogP contribution in [0.3, 0.4) is 0 Å². The van der Waals surface area contributed by atoms with Gasteiger partial charge in [0.25, 0.3) is 0 Å². The van der Waals surface area contributed by atoms with Gasteiger partial charge in [0.05, 0.1) is 0 Å². The molecule has 0 spiro atoms. The van der Waals surface area contributed by atoms with Crippen LogP contribution in [0.15, 0.2) is 72.8 Å². The van der Waals surface area contributed by atoms with Gasteiger partial charge in [0.2, 0.25) is 0 Å². The highest BCUT2D eigenvalue weighted by Crippen LogP contribution is 2.41. The summed E-state index contributed by atoms with van der Waals surface area (Å²) >= 11 is 0. The summed E-state index contributed by atoms with van der Waals surface area (Å²) in [6, 6.07) is 26.0. The van der Waals surface area contributed by atoms with Crippen LogP contribution >= 0.6 is 0 Å². The van der Waals surface area contributed by atoms with Crippen molar-refractivity contribution in [3.8, 4) is 5.75 Å². The molecule has 1 fully saturated rings. The van der Waals surface area contributed by atoms with Crippen molar-refractivity contribution in [1.29, 1.82) is 0 Å². The third-order valence-electron chi connectivity index (χ3n) is 5.39. The van der Waals surface area contributed by atoms with Crippen molar-refractivity contribution in [2.24, 2.45) is 0 Å². The molecule has 2 heteroatoms. The topological polar surface area (TPSA) is 21.3 Å². The molecule has 3 aromatic carbocycles. The van der Waals surface area contributed by atoms with Gasteiger partial charge < -0.3 is 10.1 Å². The molecule has 28 heavy (non-hydrogen) atoms. The molecule has 1 unspecified atom stereocenters. The summed E-state index contributed by atoms with van der Waals surface area (Å²) in [5.74, 6) is 1.74. The van der Waals surface area contributed by atoms with E-state index in [9.17, 15) is 0 Å². The lowest BCUT2D eigenvalue weighted by Gasteiger charge is -2.18. The second-order valence-corrected chi connectivity index (χ2v) is 8.02. The molecule has 0 aliphatic heterocycles. The first kappa shape index (κ1) is 18.6. The highest BCUT2D eigenvalue weighted by atomic mass is 16.5. The molecule has 1 saturated carbocycles. The molecule has 0 heterocycles. The summed E-state index contributed by atoms with van der Waals surface area (Å²) in [4.78, 5) is 0. The second kappa shape index (κ2) is 8.52. The molecule has 1 aliphatic rings. The van der Waals surface area contributed by atoms with Crippen LogP contribution in [-0.4, -0.2) is 6.04 Å². The Morgan fingerprint density at radius 1 is 0.929 bits per heavy atom. The number of rotatable bonds is 8. The Labute approximate surface area is 168 Å². The van der Waals surface area contributed by atoms with Crippen LogP contribution in [0.4, 0.5) is 5.69 Å². The van der Waals surface area contributed by atoms with Gasteiger partial charge in [-0.1, -0.05) is 54.6 Å². The fraction of sp³-hybridized carbons (Fsp3) is 0.308. The lowest BCUT2D eigenvalue weighted by molar-refractivity contribution is 0.306. The minimum Gasteiger partial charge on any atom is -0.489 e. The summed E-state index contributed by atoms with van der Waals surface area (Å²) in [5.41, 5.74) is 6.56. The van der Waals surface area contributed by atoms with Crippen molar-refractivity contribution in [1.82, 2.24) is 0 Å². The molecule has 144 valence electrons. The van der Waals surface area contributed by atoms with Crippen molar-refractivity contribution in [2.45, 2.75) is 51.7 Å². The molecule has 0 radical (unpaired) electrons. The molecule has 1 atom stereocenters. The molecule has 0 bridgehead atoms. The van der Waals surface area contributed by atoms with E-state index in [1.54, 1.807) is 0 Å². The predicted molar refractivity (Wildman–Crippen MR) is 117 cm³/mol. The molecule has 2 nitrogen and oxygen atoms in total. The van der Waals surface area contributed by atoms with Crippen LogP contribution in [-0.2, 0) is 13.0 Å². The molecule has 3 aromatic rings. The number of aryl methyl sites for hydroxylation is 1. The van der Waals surface area contributed by atoms with Gasteiger partial charge in [0.1, 0.15) is 12.4 Å². The highest BCUT2D eigenvalue weighted by Gasteiger charge is 2.23. The van der Waals surface area contributed by atoms with E-state index in [-0.39, 0.29) is 0 Å². The van der Waals surface area contributed by atoms with Crippen LogP contribution in [0.1, 0.15) is 47.9 Å². The van der Waals surface area contributed by atoms with E-state index in [4.69, 9.17) is 4.74 Å². The number of nitrogens with one attached hydrogen (secondary N) is 1. The zero-order valence-corrected chi connectivity index (χ0v) is 16.8. The van der Waals surface area contributed by atoms with E-state index in [0.29, 0.717) is 12.6 Å². The van der Waals surface area contributed by atoms with Crippen molar-refractivity contribution < 1.29 is 4.74 Å². The monoisotopic (exact) mass is 371 g/mol. The van der Waals surface area contributed by atoms with Gasteiger partial charge in [-0.25, -0.2) is 0 Å². The van der Waals surface area contributed by atoms with Gasteiger partial charge in [-0.3, -0.25) is 0 Å². The lowest BCUT2D eigenvalue weighted by atomic mass is 10.0. The second-order valence-electron chi connectivity index (χ2n) is 8.02. The van der Waals surface area contributed by atoms with Crippen molar-refractivity contribution in [3.05, 3.63) is 95.1 Å². The molecule has 0 saturated heterocycles. The predicted octanol–water partition coefficient (Wildman–Crippen LogP) is 6.49. The van der Waals surface area contributed by atoms with E-state index in [1.807, 2.05) is 24.3 Å². The van der Waals surface area contributed by atoms with Crippen molar-refractivity contribution in [3.63, 3.8) is 0 Å². The first-order chi connectivity index (χ1) is 13.7. The van der Waals surface area contributed by atoms with Crippen LogP contribution in [0.5, 0.6) is 5.75 Å². The third kappa shape index (κ3) is 4.95. The largest absolute Gasteiger partial charge is 0.489 e. The Morgan fingerprint density at radius 2 is 1.71 bits per heavy atom. The number of hydrogen-bond donors (Lipinski definition) is 1. The number of hydrogen-bond acceptors (Lipinski definition) is 2. The summed E-state index contributed by atoms with van der Waals surface area (Å²) in [6.45, 7) is 5.05. The molecule has 1 N–H and O–H groups in total. The molecule has 0 aromatic heterocycles. The average molecular weight is 372 g/mol. The zero-order valence-electron chi connectivity index (χ0n) is 16.8. The summed E-state index contributed by atoms with van der Waals surface area (Å²) < 4.78 is 5.97. The highest BCUT2D eigenvalue weighted by molar-refractivity contribution is 5.53. The van der Waals surface area contributed by atoms with Gasteiger partial charge in [-0.05, 0) is 79.5 Å². The first-order valence-corrected chi connectivity index (χ1v) is 10.3. The Morgan fingerprint density at radius 3 is 2.46 bits per heavy atom. The minimum absolute atomic E-state index is 0.356. The summed E-state index contributed by atoms with van der Waals surface area (Å²) in [5, 5.41) is 3.68. The van der Waals surface area contributed by atoms with Gasteiger partial charge in [0, 0.05) is 11.7 Å². The molecule has 0 amide bonds. The van der Waals surface area contributed by atoms with Crippen LogP contribution in [0, 0.1) is 6.92 Å². The van der Waals surface area contributed by atoms with Crippen molar-refractivity contribution >= 4 is 5.69 Å². The molecule has 4 rings (SSSR count). The number of ether oxygens (including phenoxy) is 1. The minimum atomic E-state index is 0.356. The van der Waals surface area contributed by atoms with E-state index >= 15 is 0 Å². The molecule has 1 aliphatic carbocycles. The normalized spacial score (nSPS) is 14.5. The fourth-order valence-electron chi connectivity index (χ4n) is 3.69. The quantitative estimate of drug-likeness (QED) is 0.488. The molecular weight excluding hydrogens is 342 g/mol. The maximum Gasteiger partial charge on any atom is 0.120 e. The number of benzene rings is 3. The fourth-order valence-corrected chi connectivity index (χ4v) is 3.69. The van der Waals surface area contributed by atoms with Gasteiger partial charge in [0.15, 0.2) is 0 Å². The Bertz CT molecular complexity index is 915. The number of anilines is 1. The van der Waals surface area contributed by atoms with Crippen LogP contribution in [0.2, 0.25) is 0 Å². The van der Waals surface area contributed by atoms with Gasteiger partial charge in [-0.2, -0.15) is 0 Å². The Hall–Kier alpha value is -2.74. The maximum atomic E-state index is 5.97. The van der Waals surface area contributed by atoms with Gasteiger partial charge in [-0.15, -0.1) is 0 Å². The van der Waals surface area contributed by atoms with E-state index in [1.165, 1.54) is 40.8 Å². The van der Waals surface area contributed by atoms with E-state index < -0.39 is 0 Å². The summed E-state index contributed by atoms with van der Waals surface area (Å²) in [7, 11) is 0. The third-order valence-corrected chi connectivity index (χ3v) is 5.39. The standard InChI is InChI=1S/C26H29NO/c1-19-15-24(23-11-12-23)13-14-26(19)27-20(2)16-22-9-6-10-25(17-22)28-18-21-7-4-3-5-8-21/h3-10,13-15,17,20,23,27H,11-12,16,18H2,1-2H3. The molecular formula is C26H29NO. The SMILES string of the molecule is Cc1cc(C2CC2)ccc1NC(C)Cc1cccc(OCc2ccccc2)c1. The Kier molecular flexibility index (Phi) is 5.66. The Balaban J connectivity index is 1.34. The smallest absolute Gasteiger partial charge is 0.120 e. The summed E-state index contributed by atoms with van der Waals surface area (Å²) in [6.07, 6.45) is 3.67. The first-order valence-electron chi connectivity index (χ1n) is 10.3. The van der Waals surface area contributed by atoms with Gasteiger partial charge >= 0.3 is 0 Å². The average Bonchev–Trinajstić information content (AvgIpc) is 3.54. The maximum absolute atomic E-state index is 5.97. The van der Waals surface area contributed by atoms with Crippen molar-refractivity contribution in [2.75, 3.05) is 5.32 Å². The van der Waals surface area contributed by atoms with E-state index in [0.717, 1.165) is 18.1 Å². The van der Waals surface area contributed by atoms with Crippen LogP contribution in [0.25, 0.3) is 0 Å². The lowest BCUT2D eigenvalue weighted by Crippen LogP contribution is -2.18.